The summed E-state index contributed by atoms with van der Waals surface area (Å²) >= 11 is 0. The van der Waals surface area contributed by atoms with Crippen LogP contribution in [0.4, 0.5) is 5.69 Å². The van der Waals surface area contributed by atoms with Gasteiger partial charge in [0, 0.05) is 0 Å². The van der Waals surface area contributed by atoms with Crippen molar-refractivity contribution in [3.05, 3.63) is 53.1 Å². The molecule has 0 saturated heterocycles. The SMILES string of the molecule is Cc1ccc(S(=O)(=O)Cc2ccc3c(c2)B(O)OC3)c(N)c1. The third-order valence-corrected chi connectivity index (χ3v) is 5.49. The molecular weight excluding hydrogens is 301 g/mol. The van der Waals surface area contributed by atoms with Gasteiger partial charge < -0.3 is 15.4 Å². The van der Waals surface area contributed by atoms with E-state index in [0.29, 0.717) is 17.6 Å². The van der Waals surface area contributed by atoms with Gasteiger partial charge in [0.05, 0.1) is 22.9 Å². The van der Waals surface area contributed by atoms with Crippen LogP contribution in [-0.2, 0) is 26.9 Å². The number of hydrogen-bond donors (Lipinski definition) is 2. The first kappa shape index (κ1) is 15.1. The van der Waals surface area contributed by atoms with Gasteiger partial charge in [0.2, 0.25) is 0 Å². The maximum absolute atomic E-state index is 12.5. The summed E-state index contributed by atoms with van der Waals surface area (Å²) in [6, 6.07) is 10.1. The van der Waals surface area contributed by atoms with Crippen LogP contribution in [0.5, 0.6) is 0 Å². The third kappa shape index (κ3) is 2.75. The van der Waals surface area contributed by atoms with Crippen LogP contribution in [0.25, 0.3) is 0 Å². The van der Waals surface area contributed by atoms with Crippen LogP contribution < -0.4 is 11.2 Å². The lowest BCUT2D eigenvalue weighted by molar-refractivity contribution is 0.275. The van der Waals surface area contributed by atoms with Gasteiger partial charge in [-0.05, 0) is 41.2 Å². The fourth-order valence-corrected chi connectivity index (χ4v) is 4.07. The molecule has 3 rings (SSSR count). The number of nitrogen functional groups attached to an aromatic ring is 1. The van der Waals surface area contributed by atoms with Crippen LogP contribution in [0.2, 0.25) is 0 Å². The van der Waals surface area contributed by atoms with Crippen LogP contribution in [0.1, 0.15) is 16.7 Å². The largest absolute Gasteiger partial charge is 0.491 e. The number of rotatable bonds is 3. The number of aryl methyl sites for hydroxylation is 1. The molecule has 114 valence electrons. The second-order valence-electron chi connectivity index (χ2n) is 5.50. The summed E-state index contributed by atoms with van der Waals surface area (Å²) in [7, 11) is -4.53. The van der Waals surface area contributed by atoms with E-state index in [1.165, 1.54) is 6.07 Å². The second-order valence-corrected chi connectivity index (χ2v) is 7.45. The van der Waals surface area contributed by atoms with E-state index in [-0.39, 0.29) is 16.3 Å². The Balaban J connectivity index is 1.93. The zero-order valence-electron chi connectivity index (χ0n) is 12.1. The zero-order valence-corrected chi connectivity index (χ0v) is 12.9. The van der Waals surface area contributed by atoms with Crippen LogP contribution in [0, 0.1) is 6.92 Å². The van der Waals surface area contributed by atoms with Crippen molar-refractivity contribution in [2.45, 2.75) is 24.2 Å². The maximum atomic E-state index is 12.5. The molecule has 2 aromatic carbocycles. The first-order valence-corrected chi connectivity index (χ1v) is 8.52. The Labute approximate surface area is 129 Å². The second kappa shape index (κ2) is 5.42. The van der Waals surface area contributed by atoms with Crippen molar-refractivity contribution in [3.63, 3.8) is 0 Å². The molecule has 0 unspecified atom stereocenters. The highest BCUT2D eigenvalue weighted by atomic mass is 32.2. The minimum Gasteiger partial charge on any atom is -0.423 e. The molecule has 0 amide bonds. The zero-order chi connectivity index (χ0) is 15.9. The first-order valence-electron chi connectivity index (χ1n) is 6.87. The van der Waals surface area contributed by atoms with Gasteiger partial charge in [-0.15, -0.1) is 0 Å². The monoisotopic (exact) mass is 317 g/mol. The molecule has 22 heavy (non-hydrogen) atoms. The van der Waals surface area contributed by atoms with E-state index in [9.17, 15) is 13.4 Å². The summed E-state index contributed by atoms with van der Waals surface area (Å²) in [5.41, 5.74) is 9.11. The van der Waals surface area contributed by atoms with Gasteiger partial charge >= 0.3 is 7.12 Å². The average Bonchev–Trinajstić information content (AvgIpc) is 2.79. The van der Waals surface area contributed by atoms with Gasteiger partial charge in [0.25, 0.3) is 0 Å². The lowest BCUT2D eigenvalue weighted by Crippen LogP contribution is -2.28. The van der Waals surface area contributed by atoms with E-state index in [1.807, 2.05) is 6.92 Å². The third-order valence-electron chi connectivity index (χ3n) is 3.73. The van der Waals surface area contributed by atoms with Crippen molar-refractivity contribution in [1.82, 2.24) is 0 Å². The van der Waals surface area contributed by atoms with Crippen LogP contribution in [0.3, 0.4) is 0 Å². The van der Waals surface area contributed by atoms with E-state index in [4.69, 9.17) is 10.4 Å². The van der Waals surface area contributed by atoms with Gasteiger partial charge in [-0.3, -0.25) is 0 Å². The van der Waals surface area contributed by atoms with Crippen LogP contribution in [0.15, 0.2) is 41.3 Å². The molecule has 1 aliphatic heterocycles. The minimum atomic E-state index is -3.54. The van der Waals surface area contributed by atoms with Gasteiger partial charge in [0.15, 0.2) is 9.84 Å². The van der Waals surface area contributed by atoms with Gasteiger partial charge in [-0.1, -0.05) is 24.3 Å². The molecule has 3 N–H and O–H groups in total. The van der Waals surface area contributed by atoms with Crippen LogP contribution in [-0.4, -0.2) is 20.6 Å². The summed E-state index contributed by atoms with van der Waals surface area (Å²) in [4.78, 5) is 0.135. The molecule has 0 saturated carbocycles. The summed E-state index contributed by atoms with van der Waals surface area (Å²) < 4.78 is 30.2. The fraction of sp³-hybridized carbons (Fsp3) is 0.200. The summed E-state index contributed by atoms with van der Waals surface area (Å²) in [6.07, 6.45) is 0. The molecule has 2 aromatic rings. The maximum Gasteiger partial charge on any atom is 0.491 e. The summed E-state index contributed by atoms with van der Waals surface area (Å²) in [5, 5.41) is 9.70. The molecule has 0 aromatic heterocycles. The lowest BCUT2D eigenvalue weighted by atomic mass is 9.79. The van der Waals surface area contributed by atoms with E-state index in [1.54, 1.807) is 30.3 Å². The molecule has 0 atom stereocenters. The number of sulfone groups is 1. The Bertz CT molecular complexity index is 835. The van der Waals surface area contributed by atoms with Crippen molar-refractivity contribution >= 4 is 28.1 Å². The Morgan fingerprint density at radius 3 is 2.77 bits per heavy atom. The number of hydrogen-bond acceptors (Lipinski definition) is 5. The molecule has 7 heteroatoms. The quantitative estimate of drug-likeness (QED) is 0.645. The van der Waals surface area contributed by atoms with Crippen molar-refractivity contribution < 1.29 is 18.1 Å². The van der Waals surface area contributed by atoms with E-state index in [0.717, 1.165) is 11.1 Å². The van der Waals surface area contributed by atoms with Crippen molar-refractivity contribution in [2.75, 3.05) is 5.73 Å². The molecule has 0 spiro atoms. The normalized spacial score (nSPS) is 14.2. The van der Waals surface area contributed by atoms with E-state index < -0.39 is 17.0 Å². The lowest BCUT2D eigenvalue weighted by Gasteiger charge is -2.09. The topological polar surface area (TPSA) is 89.6 Å². The molecule has 1 heterocycles. The molecule has 0 radical (unpaired) electrons. The molecule has 0 bridgehead atoms. The number of benzene rings is 2. The summed E-state index contributed by atoms with van der Waals surface area (Å²) in [5.74, 6) is -0.166. The average molecular weight is 317 g/mol. The van der Waals surface area contributed by atoms with Gasteiger partial charge in [-0.25, -0.2) is 8.42 Å². The fourth-order valence-electron chi connectivity index (χ4n) is 2.60. The van der Waals surface area contributed by atoms with Gasteiger partial charge in [-0.2, -0.15) is 0 Å². The van der Waals surface area contributed by atoms with E-state index in [2.05, 4.69) is 0 Å². The number of anilines is 1. The molecule has 0 aliphatic carbocycles. The highest BCUT2D eigenvalue weighted by Gasteiger charge is 2.28. The number of fused-ring (bicyclic) bond motifs is 1. The minimum absolute atomic E-state index is 0.135. The molecule has 1 aliphatic rings. The van der Waals surface area contributed by atoms with E-state index >= 15 is 0 Å². The Kier molecular flexibility index (Phi) is 3.72. The Morgan fingerprint density at radius 2 is 2.05 bits per heavy atom. The van der Waals surface area contributed by atoms with Crippen molar-refractivity contribution in [1.29, 1.82) is 0 Å². The predicted molar refractivity (Wildman–Crippen MR) is 85.3 cm³/mol. The molecular formula is C15H16BNO4S. The smallest absolute Gasteiger partial charge is 0.423 e. The highest BCUT2D eigenvalue weighted by Crippen LogP contribution is 2.24. The summed E-state index contributed by atoms with van der Waals surface area (Å²) in [6.45, 7) is 2.20. The standard InChI is InChI=1S/C15H16BNO4S/c1-10-2-5-15(14(17)6-10)22(19,20)9-11-3-4-12-8-21-16(18)13(12)7-11/h2-7,18H,8-9,17H2,1H3. The van der Waals surface area contributed by atoms with Crippen molar-refractivity contribution in [2.24, 2.45) is 0 Å². The number of nitrogens with two attached hydrogens (primary N) is 1. The first-order chi connectivity index (χ1) is 10.4. The Hall–Kier alpha value is -1.83. The van der Waals surface area contributed by atoms with Gasteiger partial charge in [0.1, 0.15) is 0 Å². The molecule has 0 fully saturated rings. The van der Waals surface area contributed by atoms with Crippen LogP contribution >= 0.6 is 0 Å². The predicted octanol–water partition coefficient (Wildman–Crippen LogP) is 0.769. The highest BCUT2D eigenvalue weighted by molar-refractivity contribution is 7.90. The Morgan fingerprint density at radius 1 is 1.27 bits per heavy atom. The molecule has 5 nitrogen and oxygen atoms in total. The van der Waals surface area contributed by atoms with Crippen molar-refractivity contribution in [3.8, 4) is 0 Å².